The van der Waals surface area contributed by atoms with Crippen LogP contribution in [0.2, 0.25) is 0 Å². The summed E-state index contributed by atoms with van der Waals surface area (Å²) in [6, 6.07) is 6.45. The van der Waals surface area contributed by atoms with Crippen LogP contribution in [0.1, 0.15) is 23.7 Å². The molecule has 1 aliphatic rings. The van der Waals surface area contributed by atoms with Crippen molar-refractivity contribution in [2.75, 3.05) is 19.7 Å². The average Bonchev–Trinajstić information content (AvgIpc) is 2.29. The topological polar surface area (TPSA) is 18.5 Å². The van der Waals surface area contributed by atoms with E-state index in [-0.39, 0.29) is 6.10 Å². The summed E-state index contributed by atoms with van der Waals surface area (Å²) in [6.07, 6.45) is 2.17. The van der Waals surface area contributed by atoms with E-state index in [0.717, 1.165) is 37.0 Å². The van der Waals surface area contributed by atoms with Crippen LogP contribution in [0.4, 0.5) is 0 Å². The zero-order valence-corrected chi connectivity index (χ0v) is 11.1. The Kier molecular flexibility index (Phi) is 4.44. The highest BCUT2D eigenvalue weighted by molar-refractivity contribution is 9.10. The molecule has 2 rings (SSSR count). The van der Waals surface area contributed by atoms with Crippen LogP contribution in [0.3, 0.4) is 0 Å². The van der Waals surface area contributed by atoms with E-state index in [2.05, 4.69) is 34.1 Å². The summed E-state index contributed by atoms with van der Waals surface area (Å²) >= 11 is 3.51. The second kappa shape index (κ2) is 5.85. The normalized spacial score (nSPS) is 19.4. The molecule has 1 aliphatic heterocycles. The van der Waals surface area contributed by atoms with Gasteiger partial charge in [0.15, 0.2) is 0 Å². The molecule has 4 heteroatoms. The standard InChI is InChI=1S/C12H16BBrO2/c13-8-15-5-4-12-11-2-1-10(14)7-9(11)3-6-16-12/h1-2,7,12H,3-6,8,13H2. The quantitative estimate of drug-likeness (QED) is 0.622. The minimum Gasteiger partial charge on any atom is -0.390 e. The number of rotatable bonds is 4. The van der Waals surface area contributed by atoms with Gasteiger partial charge in [0.2, 0.25) is 0 Å². The van der Waals surface area contributed by atoms with Crippen molar-refractivity contribution in [1.29, 1.82) is 0 Å². The second-order valence-corrected chi connectivity index (χ2v) is 4.85. The number of fused-ring (bicyclic) bond motifs is 1. The molecule has 0 spiro atoms. The molecule has 0 saturated carbocycles. The van der Waals surface area contributed by atoms with Crippen molar-refractivity contribution in [3.05, 3.63) is 33.8 Å². The Hall–Kier alpha value is -0.315. The van der Waals surface area contributed by atoms with E-state index in [1.807, 2.05) is 7.85 Å². The molecular formula is C12H16BBrO2. The highest BCUT2D eigenvalue weighted by Gasteiger charge is 2.20. The first-order chi connectivity index (χ1) is 7.81. The molecule has 1 unspecified atom stereocenters. The number of hydrogen-bond donors (Lipinski definition) is 0. The van der Waals surface area contributed by atoms with Crippen LogP contribution in [0.15, 0.2) is 22.7 Å². The second-order valence-electron chi connectivity index (χ2n) is 3.94. The van der Waals surface area contributed by atoms with Crippen molar-refractivity contribution in [2.45, 2.75) is 18.9 Å². The van der Waals surface area contributed by atoms with E-state index in [9.17, 15) is 0 Å². The molecule has 0 bridgehead atoms. The lowest BCUT2D eigenvalue weighted by atomic mass is 9.96. The van der Waals surface area contributed by atoms with Gasteiger partial charge in [-0.15, -0.1) is 0 Å². The highest BCUT2D eigenvalue weighted by Crippen LogP contribution is 2.31. The Labute approximate surface area is 106 Å². The average molecular weight is 283 g/mol. The Morgan fingerprint density at radius 2 is 2.38 bits per heavy atom. The predicted octanol–water partition coefficient (Wildman–Crippen LogP) is 2.06. The fourth-order valence-electron chi connectivity index (χ4n) is 2.08. The molecule has 0 saturated heterocycles. The molecule has 0 radical (unpaired) electrons. The number of hydrogen-bond acceptors (Lipinski definition) is 2. The van der Waals surface area contributed by atoms with Gasteiger partial charge in [0.25, 0.3) is 0 Å². The summed E-state index contributed by atoms with van der Waals surface area (Å²) in [6.45, 7) is 2.37. The van der Waals surface area contributed by atoms with Crippen LogP contribution in [0.25, 0.3) is 0 Å². The number of halogens is 1. The maximum Gasteiger partial charge on any atom is 0.135 e. The largest absolute Gasteiger partial charge is 0.390 e. The fraction of sp³-hybridized carbons (Fsp3) is 0.500. The molecular weight excluding hydrogens is 267 g/mol. The summed E-state index contributed by atoms with van der Waals surface area (Å²) < 4.78 is 12.3. The third-order valence-electron chi connectivity index (χ3n) is 2.87. The number of ether oxygens (including phenoxy) is 2. The smallest absolute Gasteiger partial charge is 0.135 e. The third-order valence-corrected chi connectivity index (χ3v) is 3.36. The van der Waals surface area contributed by atoms with Crippen molar-refractivity contribution in [3.63, 3.8) is 0 Å². The molecule has 0 amide bonds. The molecule has 1 atom stereocenters. The lowest BCUT2D eigenvalue weighted by Gasteiger charge is -2.26. The van der Waals surface area contributed by atoms with Crippen molar-refractivity contribution in [2.24, 2.45) is 0 Å². The zero-order valence-electron chi connectivity index (χ0n) is 9.54. The number of benzene rings is 1. The zero-order chi connectivity index (χ0) is 11.4. The van der Waals surface area contributed by atoms with Gasteiger partial charge in [-0.2, -0.15) is 0 Å². The van der Waals surface area contributed by atoms with Crippen LogP contribution >= 0.6 is 15.9 Å². The van der Waals surface area contributed by atoms with E-state index in [0.29, 0.717) is 0 Å². The lowest BCUT2D eigenvalue weighted by Crippen LogP contribution is -2.18. The Morgan fingerprint density at radius 3 is 3.19 bits per heavy atom. The van der Waals surface area contributed by atoms with Gasteiger partial charge in [-0.05, 0) is 29.7 Å². The van der Waals surface area contributed by atoms with Gasteiger partial charge < -0.3 is 9.47 Å². The van der Waals surface area contributed by atoms with Crippen LogP contribution in [0.5, 0.6) is 0 Å². The van der Waals surface area contributed by atoms with Gasteiger partial charge in [-0.3, -0.25) is 0 Å². The van der Waals surface area contributed by atoms with Crippen LogP contribution in [-0.2, 0) is 15.9 Å². The summed E-state index contributed by atoms with van der Waals surface area (Å²) in [5.41, 5.74) is 2.73. The summed E-state index contributed by atoms with van der Waals surface area (Å²) in [5.74, 6) is 0. The van der Waals surface area contributed by atoms with E-state index in [1.54, 1.807) is 0 Å². The Morgan fingerprint density at radius 1 is 1.50 bits per heavy atom. The van der Waals surface area contributed by atoms with Gasteiger partial charge in [-0.1, -0.05) is 22.0 Å². The molecule has 1 aromatic rings. The SMILES string of the molecule is BCOCCC1OCCc2cc(Br)ccc21. The molecule has 2 nitrogen and oxygen atoms in total. The van der Waals surface area contributed by atoms with E-state index in [4.69, 9.17) is 9.47 Å². The summed E-state index contributed by atoms with van der Waals surface area (Å²) in [7, 11) is 2.02. The summed E-state index contributed by atoms with van der Waals surface area (Å²) in [5, 5.41) is 0. The Balaban J connectivity index is 2.07. The van der Waals surface area contributed by atoms with Crippen LogP contribution < -0.4 is 0 Å². The van der Waals surface area contributed by atoms with Gasteiger partial charge in [0.05, 0.1) is 12.7 Å². The minimum absolute atomic E-state index is 0.211. The molecule has 0 fully saturated rings. The maximum absolute atomic E-state index is 5.80. The maximum atomic E-state index is 5.80. The first-order valence-corrected chi connectivity index (χ1v) is 6.58. The first-order valence-electron chi connectivity index (χ1n) is 5.79. The molecule has 0 aromatic heterocycles. The van der Waals surface area contributed by atoms with Crippen LogP contribution in [0, 0.1) is 0 Å². The van der Waals surface area contributed by atoms with E-state index >= 15 is 0 Å². The molecule has 0 N–H and O–H groups in total. The van der Waals surface area contributed by atoms with Crippen molar-refractivity contribution in [1.82, 2.24) is 0 Å². The highest BCUT2D eigenvalue weighted by atomic mass is 79.9. The van der Waals surface area contributed by atoms with Crippen molar-refractivity contribution in [3.8, 4) is 0 Å². The van der Waals surface area contributed by atoms with E-state index in [1.165, 1.54) is 11.1 Å². The first kappa shape index (κ1) is 12.2. The van der Waals surface area contributed by atoms with Gasteiger partial charge in [0, 0.05) is 24.0 Å². The van der Waals surface area contributed by atoms with Crippen molar-refractivity contribution >= 4 is 23.8 Å². The monoisotopic (exact) mass is 282 g/mol. The van der Waals surface area contributed by atoms with Gasteiger partial charge in [-0.25, -0.2) is 0 Å². The third kappa shape index (κ3) is 2.87. The van der Waals surface area contributed by atoms with Gasteiger partial charge in [0.1, 0.15) is 7.85 Å². The predicted molar refractivity (Wildman–Crippen MR) is 70.5 cm³/mol. The molecule has 16 heavy (non-hydrogen) atoms. The molecule has 0 aliphatic carbocycles. The molecule has 86 valence electrons. The Bertz CT molecular complexity index is 357. The molecule has 1 aromatic carbocycles. The lowest BCUT2D eigenvalue weighted by molar-refractivity contribution is 0.0175. The van der Waals surface area contributed by atoms with Gasteiger partial charge >= 0.3 is 0 Å². The summed E-state index contributed by atoms with van der Waals surface area (Å²) in [4.78, 5) is 0. The minimum atomic E-state index is 0.211. The van der Waals surface area contributed by atoms with Crippen molar-refractivity contribution < 1.29 is 9.47 Å². The van der Waals surface area contributed by atoms with E-state index < -0.39 is 0 Å². The van der Waals surface area contributed by atoms with Crippen LogP contribution in [-0.4, -0.2) is 27.6 Å². The molecule has 1 heterocycles. The fourth-order valence-corrected chi connectivity index (χ4v) is 2.49.